The summed E-state index contributed by atoms with van der Waals surface area (Å²) in [6, 6.07) is 12.6. The Hall–Kier alpha value is -3.43. The molecule has 0 bridgehead atoms. The van der Waals surface area contributed by atoms with Crippen molar-refractivity contribution in [2.24, 2.45) is 7.05 Å². The van der Waals surface area contributed by atoms with Crippen molar-refractivity contribution in [3.8, 4) is 5.75 Å². The van der Waals surface area contributed by atoms with Crippen molar-refractivity contribution in [1.29, 1.82) is 0 Å². The number of nitrogens with zero attached hydrogens (tertiary/aromatic N) is 2. The molecule has 1 atom stereocenters. The van der Waals surface area contributed by atoms with E-state index in [1.165, 1.54) is 24.3 Å². The van der Waals surface area contributed by atoms with E-state index in [-0.39, 0.29) is 17.0 Å². The molecule has 0 aliphatic heterocycles. The Labute approximate surface area is 181 Å². The van der Waals surface area contributed by atoms with Gasteiger partial charge in [-0.25, -0.2) is 18.1 Å². The first kappa shape index (κ1) is 22.3. The number of carbonyl (C=O) groups excluding carboxylic acids is 1. The lowest BCUT2D eigenvalue weighted by molar-refractivity contribution is 0.0940. The zero-order valence-corrected chi connectivity index (χ0v) is 18.1. The lowest BCUT2D eigenvalue weighted by Gasteiger charge is -2.21. The first-order valence-corrected chi connectivity index (χ1v) is 11.0. The fourth-order valence-corrected chi connectivity index (χ4v) is 4.16. The Morgan fingerprint density at radius 3 is 2.71 bits per heavy atom. The summed E-state index contributed by atoms with van der Waals surface area (Å²) in [7, 11) is -0.372. The quantitative estimate of drug-likeness (QED) is 0.498. The summed E-state index contributed by atoms with van der Waals surface area (Å²) < 4.78 is 34.5. The monoisotopic (exact) mass is 440 g/mol. The van der Waals surface area contributed by atoms with Crippen LogP contribution in [0.1, 0.15) is 27.8 Å². The number of hydrogen-bond donors (Lipinski definition) is 2. The average Bonchev–Trinajstić information content (AvgIpc) is 3.21. The number of rotatable bonds is 9. The number of methoxy groups -OCH3 is 1. The van der Waals surface area contributed by atoms with Gasteiger partial charge >= 0.3 is 0 Å². The lowest BCUT2D eigenvalue weighted by atomic mass is 10.0. The topological polar surface area (TPSA) is 102 Å². The van der Waals surface area contributed by atoms with Crippen LogP contribution in [-0.4, -0.2) is 37.5 Å². The van der Waals surface area contributed by atoms with Crippen LogP contribution in [0.4, 0.5) is 0 Å². The predicted molar refractivity (Wildman–Crippen MR) is 117 cm³/mol. The number of aromatic nitrogens is 2. The number of nitrogens with one attached hydrogen (secondary N) is 2. The summed E-state index contributed by atoms with van der Waals surface area (Å²) in [4.78, 5) is 17.5. The fraction of sp³-hybridized carbons (Fsp3) is 0.182. The van der Waals surface area contributed by atoms with Gasteiger partial charge in [-0.1, -0.05) is 30.3 Å². The van der Waals surface area contributed by atoms with Gasteiger partial charge in [-0.2, -0.15) is 0 Å². The van der Waals surface area contributed by atoms with Gasteiger partial charge in [0.25, 0.3) is 5.91 Å². The van der Waals surface area contributed by atoms with Gasteiger partial charge in [0.1, 0.15) is 17.6 Å². The number of hydrogen-bond acceptors (Lipinski definition) is 5. The molecule has 9 heteroatoms. The first-order valence-electron chi connectivity index (χ1n) is 9.49. The number of imidazole rings is 1. The van der Waals surface area contributed by atoms with Crippen LogP contribution in [-0.2, 0) is 17.1 Å². The standard InChI is InChI=1S/C22H24N4O4S/c1-4-12-24-31(28,29)17-9-7-8-16(15-17)22(27)25-20(21-23-13-14-26(21)2)18-10-5-6-11-19(18)30-3/h4-11,13-15,20,24H,1,12H2,2-3H3,(H,25,27). The minimum Gasteiger partial charge on any atom is -0.496 e. The maximum Gasteiger partial charge on any atom is 0.252 e. The SMILES string of the molecule is C=CCNS(=O)(=O)c1cccc(C(=O)NC(c2ccccc2OC)c2nccn2C)c1. The van der Waals surface area contributed by atoms with Crippen LogP contribution in [0.3, 0.4) is 0 Å². The molecule has 3 rings (SSSR count). The van der Waals surface area contributed by atoms with E-state index in [0.717, 1.165) is 5.56 Å². The fourth-order valence-electron chi connectivity index (χ4n) is 3.11. The molecule has 2 aromatic carbocycles. The molecule has 1 aromatic heterocycles. The van der Waals surface area contributed by atoms with Crippen molar-refractivity contribution in [3.63, 3.8) is 0 Å². The molecule has 1 heterocycles. The van der Waals surface area contributed by atoms with Crippen LogP contribution in [0.5, 0.6) is 5.75 Å². The lowest BCUT2D eigenvalue weighted by Crippen LogP contribution is -2.31. The third-order valence-electron chi connectivity index (χ3n) is 4.67. The second kappa shape index (κ2) is 9.59. The summed E-state index contributed by atoms with van der Waals surface area (Å²) in [5.41, 5.74) is 0.930. The van der Waals surface area contributed by atoms with Crippen molar-refractivity contribution in [2.75, 3.05) is 13.7 Å². The molecular weight excluding hydrogens is 416 g/mol. The molecule has 2 N–H and O–H groups in total. The van der Waals surface area contributed by atoms with Crippen molar-refractivity contribution in [2.45, 2.75) is 10.9 Å². The van der Waals surface area contributed by atoms with Crippen LogP contribution in [0, 0.1) is 0 Å². The summed E-state index contributed by atoms with van der Waals surface area (Å²) in [5.74, 6) is 0.759. The smallest absolute Gasteiger partial charge is 0.252 e. The highest BCUT2D eigenvalue weighted by Gasteiger charge is 2.25. The molecule has 0 fully saturated rings. The van der Waals surface area contributed by atoms with E-state index in [2.05, 4.69) is 21.6 Å². The Morgan fingerprint density at radius 2 is 2.03 bits per heavy atom. The molecule has 31 heavy (non-hydrogen) atoms. The van der Waals surface area contributed by atoms with E-state index >= 15 is 0 Å². The van der Waals surface area contributed by atoms with E-state index < -0.39 is 22.0 Å². The minimum atomic E-state index is -3.76. The van der Waals surface area contributed by atoms with E-state index in [1.54, 1.807) is 36.2 Å². The van der Waals surface area contributed by atoms with Crippen LogP contribution < -0.4 is 14.8 Å². The highest BCUT2D eigenvalue weighted by molar-refractivity contribution is 7.89. The van der Waals surface area contributed by atoms with E-state index in [1.807, 2.05) is 25.2 Å². The largest absolute Gasteiger partial charge is 0.496 e. The minimum absolute atomic E-state index is 0.00664. The van der Waals surface area contributed by atoms with Crippen LogP contribution in [0.25, 0.3) is 0 Å². The third kappa shape index (κ3) is 5.01. The molecule has 8 nitrogen and oxygen atoms in total. The maximum atomic E-state index is 13.1. The van der Waals surface area contributed by atoms with Crippen molar-refractivity contribution >= 4 is 15.9 Å². The molecule has 0 aliphatic rings. The number of sulfonamides is 1. The molecule has 0 aliphatic carbocycles. The number of ether oxygens (including phenoxy) is 1. The highest BCUT2D eigenvalue weighted by Crippen LogP contribution is 2.29. The van der Waals surface area contributed by atoms with Crippen LogP contribution in [0.2, 0.25) is 0 Å². The Balaban J connectivity index is 1.96. The van der Waals surface area contributed by atoms with Gasteiger partial charge in [0.2, 0.25) is 10.0 Å². The molecule has 0 spiro atoms. The van der Waals surface area contributed by atoms with Crippen molar-refractivity contribution < 1.29 is 17.9 Å². The number of carbonyl (C=O) groups is 1. The molecule has 0 saturated heterocycles. The van der Waals surface area contributed by atoms with Gasteiger partial charge < -0.3 is 14.6 Å². The molecule has 1 amide bonds. The molecular formula is C22H24N4O4S. The van der Waals surface area contributed by atoms with E-state index in [4.69, 9.17) is 4.74 Å². The van der Waals surface area contributed by atoms with Gasteiger partial charge in [0.15, 0.2) is 0 Å². The maximum absolute atomic E-state index is 13.1. The number of aryl methyl sites for hydroxylation is 1. The van der Waals surface area contributed by atoms with E-state index in [9.17, 15) is 13.2 Å². The van der Waals surface area contributed by atoms with Crippen LogP contribution >= 0.6 is 0 Å². The second-order valence-electron chi connectivity index (χ2n) is 6.71. The molecule has 0 radical (unpaired) electrons. The van der Waals surface area contributed by atoms with Crippen molar-refractivity contribution in [1.82, 2.24) is 19.6 Å². The normalized spacial score (nSPS) is 12.2. The van der Waals surface area contributed by atoms with Gasteiger partial charge in [-0.3, -0.25) is 4.79 Å². The van der Waals surface area contributed by atoms with Crippen molar-refractivity contribution in [3.05, 3.63) is 90.5 Å². The summed E-state index contributed by atoms with van der Waals surface area (Å²) in [6.45, 7) is 3.59. The van der Waals surface area contributed by atoms with Crippen LogP contribution in [0.15, 0.2) is 78.5 Å². The third-order valence-corrected chi connectivity index (χ3v) is 6.09. The summed E-state index contributed by atoms with van der Waals surface area (Å²) >= 11 is 0. The van der Waals surface area contributed by atoms with Gasteiger partial charge in [0, 0.05) is 37.1 Å². The molecule has 0 saturated carbocycles. The molecule has 1 unspecified atom stereocenters. The zero-order valence-electron chi connectivity index (χ0n) is 17.3. The predicted octanol–water partition coefficient (Wildman–Crippen LogP) is 2.41. The van der Waals surface area contributed by atoms with Gasteiger partial charge in [0.05, 0.1) is 12.0 Å². The zero-order chi connectivity index (χ0) is 22.4. The number of para-hydroxylation sites is 1. The Bertz CT molecular complexity index is 1190. The molecule has 3 aromatic rings. The summed E-state index contributed by atoms with van der Waals surface area (Å²) in [5, 5.41) is 2.96. The second-order valence-corrected chi connectivity index (χ2v) is 8.48. The number of benzene rings is 2. The van der Waals surface area contributed by atoms with Gasteiger partial charge in [-0.05, 0) is 24.3 Å². The first-order chi connectivity index (χ1) is 14.9. The van der Waals surface area contributed by atoms with Gasteiger partial charge in [-0.15, -0.1) is 6.58 Å². The highest BCUT2D eigenvalue weighted by atomic mass is 32.2. The number of amides is 1. The van der Waals surface area contributed by atoms with E-state index in [0.29, 0.717) is 11.6 Å². The molecule has 162 valence electrons. The Kier molecular flexibility index (Phi) is 6.88. The average molecular weight is 441 g/mol. The summed E-state index contributed by atoms with van der Waals surface area (Å²) in [6.07, 6.45) is 4.86. The Morgan fingerprint density at radius 1 is 1.26 bits per heavy atom.